The van der Waals surface area contributed by atoms with Crippen molar-refractivity contribution < 1.29 is 14.2 Å². The van der Waals surface area contributed by atoms with Gasteiger partial charge in [0.2, 0.25) is 0 Å². The lowest BCUT2D eigenvalue weighted by molar-refractivity contribution is -0.0524. The van der Waals surface area contributed by atoms with Crippen LogP contribution in [0.2, 0.25) is 0 Å². The van der Waals surface area contributed by atoms with Gasteiger partial charge in [-0.3, -0.25) is 0 Å². The lowest BCUT2D eigenvalue weighted by Gasteiger charge is -2.38. The van der Waals surface area contributed by atoms with E-state index in [1.54, 1.807) is 7.11 Å². The van der Waals surface area contributed by atoms with Crippen LogP contribution in [0.15, 0.2) is 24.3 Å². The molecule has 0 unspecified atom stereocenters. The van der Waals surface area contributed by atoms with E-state index in [9.17, 15) is 0 Å². The van der Waals surface area contributed by atoms with Crippen LogP contribution in [0.3, 0.4) is 0 Å². The molecule has 2 heterocycles. The molecular weight excluding hydrogens is 292 g/mol. The largest absolute Gasteiger partial charge is 0.497 e. The number of nitrogens with zero attached hydrogens (tertiary/aromatic N) is 2. The zero-order chi connectivity index (χ0) is 16.1. The lowest BCUT2D eigenvalue weighted by Crippen LogP contribution is -2.44. The summed E-state index contributed by atoms with van der Waals surface area (Å²) >= 11 is 0. The minimum atomic E-state index is 0.0110. The van der Waals surface area contributed by atoms with Gasteiger partial charge in [-0.25, -0.2) is 0 Å². The zero-order valence-corrected chi connectivity index (χ0v) is 14.2. The van der Waals surface area contributed by atoms with Crippen LogP contribution in [0, 0.1) is 0 Å². The first-order valence-corrected chi connectivity index (χ1v) is 8.58. The van der Waals surface area contributed by atoms with E-state index >= 15 is 0 Å². The Morgan fingerprint density at radius 2 is 1.78 bits per heavy atom. The average molecular weight is 320 g/mol. The molecule has 23 heavy (non-hydrogen) atoms. The number of methoxy groups -OCH3 is 1. The zero-order valence-electron chi connectivity index (χ0n) is 14.2. The van der Waals surface area contributed by atoms with Gasteiger partial charge in [-0.1, -0.05) is 0 Å². The number of benzene rings is 1. The molecule has 1 aromatic rings. The van der Waals surface area contributed by atoms with Gasteiger partial charge in [0.1, 0.15) is 5.75 Å². The topological polar surface area (TPSA) is 34.2 Å². The second-order valence-corrected chi connectivity index (χ2v) is 6.36. The summed E-state index contributed by atoms with van der Waals surface area (Å²) in [7, 11) is 3.93. The van der Waals surface area contributed by atoms with Crippen molar-refractivity contribution in [2.45, 2.75) is 31.6 Å². The molecule has 2 saturated heterocycles. The van der Waals surface area contributed by atoms with E-state index in [0.29, 0.717) is 6.04 Å². The van der Waals surface area contributed by atoms with Gasteiger partial charge in [0.05, 0.1) is 20.3 Å². The van der Waals surface area contributed by atoms with Gasteiger partial charge >= 0.3 is 0 Å². The number of rotatable bonds is 6. The maximum absolute atomic E-state index is 5.52. The normalized spacial score (nSPS) is 20.4. The molecule has 3 rings (SSSR count). The molecule has 5 nitrogen and oxygen atoms in total. The average Bonchev–Trinajstić information content (AvgIpc) is 3.13. The molecule has 0 N–H and O–H groups in total. The van der Waals surface area contributed by atoms with Crippen LogP contribution in [0.4, 0.5) is 5.69 Å². The Kier molecular flexibility index (Phi) is 5.75. The summed E-state index contributed by atoms with van der Waals surface area (Å²) in [6, 6.07) is 9.03. The van der Waals surface area contributed by atoms with Crippen LogP contribution in [-0.4, -0.2) is 64.2 Å². The fraction of sp³-hybridized carbons (Fsp3) is 0.667. The maximum Gasteiger partial charge on any atom is 0.159 e. The minimum absolute atomic E-state index is 0.0110. The van der Waals surface area contributed by atoms with Crippen LogP contribution >= 0.6 is 0 Å². The SMILES string of the molecule is COc1ccc(N2CCC(N(C)CCC3OCCO3)CC2)cc1. The van der Waals surface area contributed by atoms with E-state index in [-0.39, 0.29) is 6.29 Å². The van der Waals surface area contributed by atoms with Crippen molar-refractivity contribution in [3.8, 4) is 5.75 Å². The molecule has 0 atom stereocenters. The molecule has 1 aromatic carbocycles. The molecule has 2 aliphatic heterocycles. The van der Waals surface area contributed by atoms with E-state index in [0.717, 1.165) is 45.0 Å². The van der Waals surface area contributed by atoms with E-state index in [1.165, 1.54) is 18.5 Å². The Morgan fingerprint density at radius 3 is 2.39 bits per heavy atom. The highest BCUT2D eigenvalue weighted by Crippen LogP contribution is 2.24. The van der Waals surface area contributed by atoms with Gasteiger partial charge in [0, 0.05) is 37.8 Å². The summed E-state index contributed by atoms with van der Waals surface area (Å²) in [6.07, 6.45) is 3.38. The molecule has 0 amide bonds. The van der Waals surface area contributed by atoms with Crippen molar-refractivity contribution in [3.05, 3.63) is 24.3 Å². The van der Waals surface area contributed by atoms with Gasteiger partial charge in [-0.2, -0.15) is 0 Å². The molecule has 128 valence electrons. The second-order valence-electron chi connectivity index (χ2n) is 6.36. The van der Waals surface area contributed by atoms with Crippen molar-refractivity contribution in [2.24, 2.45) is 0 Å². The maximum atomic E-state index is 5.52. The van der Waals surface area contributed by atoms with Crippen molar-refractivity contribution in [2.75, 3.05) is 51.9 Å². The standard InChI is InChI=1S/C18H28N2O3/c1-19(10-9-18-22-13-14-23-18)15-7-11-20(12-8-15)16-3-5-17(21-2)6-4-16/h3-6,15,18H,7-14H2,1-2H3. The summed E-state index contributed by atoms with van der Waals surface area (Å²) in [5.74, 6) is 0.916. The van der Waals surface area contributed by atoms with E-state index < -0.39 is 0 Å². The Hall–Kier alpha value is -1.30. The molecule has 0 spiro atoms. The van der Waals surface area contributed by atoms with Crippen LogP contribution in [-0.2, 0) is 9.47 Å². The van der Waals surface area contributed by atoms with Crippen molar-refractivity contribution in [1.82, 2.24) is 4.90 Å². The molecule has 0 bridgehead atoms. The Bertz CT molecular complexity index is 466. The highest BCUT2D eigenvalue weighted by atomic mass is 16.7. The number of hydrogen-bond donors (Lipinski definition) is 0. The van der Waals surface area contributed by atoms with E-state index in [1.807, 2.05) is 12.1 Å². The highest BCUT2D eigenvalue weighted by Gasteiger charge is 2.24. The van der Waals surface area contributed by atoms with E-state index in [2.05, 4.69) is 29.0 Å². The molecule has 0 saturated carbocycles. The minimum Gasteiger partial charge on any atom is -0.497 e. The number of hydrogen-bond acceptors (Lipinski definition) is 5. The van der Waals surface area contributed by atoms with Gasteiger partial charge in [-0.15, -0.1) is 0 Å². The number of anilines is 1. The smallest absolute Gasteiger partial charge is 0.159 e. The first-order valence-electron chi connectivity index (χ1n) is 8.58. The number of piperidine rings is 1. The third-order valence-electron chi connectivity index (χ3n) is 4.93. The van der Waals surface area contributed by atoms with Gasteiger partial charge in [0.25, 0.3) is 0 Å². The quantitative estimate of drug-likeness (QED) is 0.804. The number of ether oxygens (including phenoxy) is 3. The van der Waals surface area contributed by atoms with Crippen molar-refractivity contribution in [3.63, 3.8) is 0 Å². The van der Waals surface area contributed by atoms with Crippen LogP contribution in [0.1, 0.15) is 19.3 Å². The fourth-order valence-corrected chi connectivity index (χ4v) is 3.42. The third kappa shape index (κ3) is 4.37. The van der Waals surface area contributed by atoms with Crippen LogP contribution in [0.25, 0.3) is 0 Å². The lowest BCUT2D eigenvalue weighted by atomic mass is 10.0. The van der Waals surface area contributed by atoms with Gasteiger partial charge in [-0.05, 0) is 44.2 Å². The molecule has 5 heteroatoms. The Labute approximate surface area is 139 Å². The third-order valence-corrected chi connectivity index (χ3v) is 4.93. The Balaban J connectivity index is 1.43. The summed E-state index contributed by atoms with van der Waals surface area (Å²) < 4.78 is 16.3. The molecule has 0 aliphatic carbocycles. The molecular formula is C18H28N2O3. The first-order chi connectivity index (χ1) is 11.3. The summed E-state index contributed by atoms with van der Waals surface area (Å²) in [5.41, 5.74) is 1.29. The summed E-state index contributed by atoms with van der Waals surface area (Å²) in [6.45, 7) is 4.75. The van der Waals surface area contributed by atoms with E-state index in [4.69, 9.17) is 14.2 Å². The molecule has 2 fully saturated rings. The van der Waals surface area contributed by atoms with Crippen molar-refractivity contribution >= 4 is 5.69 Å². The summed E-state index contributed by atoms with van der Waals surface area (Å²) in [4.78, 5) is 4.93. The molecule has 0 aromatic heterocycles. The predicted molar refractivity (Wildman–Crippen MR) is 91.2 cm³/mol. The van der Waals surface area contributed by atoms with Crippen LogP contribution < -0.4 is 9.64 Å². The second kappa shape index (κ2) is 7.99. The predicted octanol–water partition coefficient (Wildman–Crippen LogP) is 2.36. The fourth-order valence-electron chi connectivity index (χ4n) is 3.42. The Morgan fingerprint density at radius 1 is 1.13 bits per heavy atom. The first kappa shape index (κ1) is 16.6. The monoisotopic (exact) mass is 320 g/mol. The highest BCUT2D eigenvalue weighted by molar-refractivity contribution is 5.49. The molecule has 0 radical (unpaired) electrons. The van der Waals surface area contributed by atoms with Crippen LogP contribution in [0.5, 0.6) is 5.75 Å². The van der Waals surface area contributed by atoms with Gasteiger partial charge < -0.3 is 24.0 Å². The molecule has 2 aliphatic rings. The van der Waals surface area contributed by atoms with Gasteiger partial charge in [0.15, 0.2) is 6.29 Å². The summed E-state index contributed by atoms with van der Waals surface area (Å²) in [5, 5.41) is 0. The van der Waals surface area contributed by atoms with Crippen molar-refractivity contribution in [1.29, 1.82) is 0 Å².